The maximum absolute atomic E-state index is 10.5. The van der Waals surface area contributed by atoms with Crippen LogP contribution in [0.25, 0.3) is 0 Å². The fourth-order valence-corrected chi connectivity index (χ4v) is 2.85. The van der Waals surface area contributed by atoms with E-state index < -0.39 is 5.97 Å². The van der Waals surface area contributed by atoms with Gasteiger partial charge in [-0.3, -0.25) is 0 Å². The van der Waals surface area contributed by atoms with Crippen LogP contribution in [0.3, 0.4) is 0 Å². The van der Waals surface area contributed by atoms with E-state index in [-0.39, 0.29) is 12.7 Å². The molecule has 0 bridgehead atoms. The van der Waals surface area contributed by atoms with Crippen LogP contribution in [0.15, 0.2) is 0 Å². The number of carboxylic acid groups (broad SMARTS) is 1. The quantitative estimate of drug-likeness (QED) is 0.782. The lowest BCUT2D eigenvalue weighted by Gasteiger charge is -2.38. The van der Waals surface area contributed by atoms with Crippen LogP contribution in [-0.4, -0.2) is 23.8 Å². The van der Waals surface area contributed by atoms with Gasteiger partial charge in [-0.2, -0.15) is 0 Å². The minimum absolute atomic E-state index is 0.143. The van der Waals surface area contributed by atoms with Crippen molar-refractivity contribution in [2.75, 3.05) is 6.61 Å². The Labute approximate surface area is 91.8 Å². The monoisotopic (exact) mass is 214 g/mol. The van der Waals surface area contributed by atoms with E-state index in [1.807, 2.05) is 0 Å². The van der Waals surface area contributed by atoms with Crippen LogP contribution in [0, 0.1) is 17.8 Å². The highest BCUT2D eigenvalue weighted by Crippen LogP contribution is 2.36. The van der Waals surface area contributed by atoms with Crippen LogP contribution in [0.4, 0.5) is 0 Å². The highest BCUT2D eigenvalue weighted by atomic mass is 16.5. The smallest absolute Gasteiger partial charge is 0.329 e. The Kier molecular flexibility index (Phi) is 4.58. The fraction of sp³-hybridized carbons (Fsp3) is 0.917. The molecule has 1 aliphatic rings. The molecule has 1 rings (SSSR count). The van der Waals surface area contributed by atoms with Crippen molar-refractivity contribution in [2.24, 2.45) is 17.8 Å². The molecule has 0 spiro atoms. The van der Waals surface area contributed by atoms with Crippen molar-refractivity contribution < 1.29 is 14.6 Å². The zero-order valence-corrected chi connectivity index (χ0v) is 9.90. The largest absolute Gasteiger partial charge is 0.480 e. The zero-order chi connectivity index (χ0) is 11.4. The summed E-state index contributed by atoms with van der Waals surface area (Å²) in [5.74, 6) is 0.866. The van der Waals surface area contributed by atoms with Gasteiger partial charge in [-0.1, -0.05) is 33.6 Å². The number of rotatable bonds is 4. The Bertz CT molecular complexity index is 213. The molecule has 3 unspecified atom stereocenters. The average Bonchev–Trinajstić information content (AvgIpc) is 2.13. The highest BCUT2D eigenvalue weighted by Gasteiger charge is 2.33. The van der Waals surface area contributed by atoms with E-state index in [0.717, 1.165) is 12.8 Å². The molecule has 0 amide bonds. The lowest BCUT2D eigenvalue weighted by molar-refractivity contribution is -0.148. The van der Waals surface area contributed by atoms with Gasteiger partial charge >= 0.3 is 5.97 Å². The molecule has 1 N–H and O–H groups in total. The number of ether oxygens (including phenoxy) is 1. The van der Waals surface area contributed by atoms with Crippen LogP contribution in [0.1, 0.15) is 40.0 Å². The Hall–Kier alpha value is -0.570. The number of carboxylic acids is 1. The molecule has 0 heterocycles. The molecule has 1 fully saturated rings. The Morgan fingerprint density at radius 3 is 2.67 bits per heavy atom. The van der Waals surface area contributed by atoms with Crippen LogP contribution < -0.4 is 0 Å². The zero-order valence-electron chi connectivity index (χ0n) is 9.90. The topological polar surface area (TPSA) is 46.5 Å². The molecule has 0 radical (unpaired) electrons. The van der Waals surface area contributed by atoms with E-state index in [1.165, 1.54) is 6.42 Å². The summed E-state index contributed by atoms with van der Waals surface area (Å²) in [5.41, 5.74) is 0. The summed E-state index contributed by atoms with van der Waals surface area (Å²) < 4.78 is 5.49. The average molecular weight is 214 g/mol. The second-order valence-electron chi connectivity index (χ2n) is 4.97. The Balaban J connectivity index is 2.54. The molecule has 3 atom stereocenters. The summed E-state index contributed by atoms with van der Waals surface area (Å²) in [4.78, 5) is 10.5. The molecule has 1 saturated carbocycles. The third-order valence-electron chi connectivity index (χ3n) is 3.43. The molecule has 88 valence electrons. The Morgan fingerprint density at radius 2 is 2.13 bits per heavy atom. The second-order valence-corrected chi connectivity index (χ2v) is 4.97. The van der Waals surface area contributed by atoms with Crippen molar-refractivity contribution in [3.8, 4) is 0 Å². The highest BCUT2D eigenvalue weighted by molar-refractivity contribution is 5.68. The first-order chi connectivity index (χ1) is 7.02. The van der Waals surface area contributed by atoms with Gasteiger partial charge in [0, 0.05) is 0 Å². The van der Waals surface area contributed by atoms with Gasteiger partial charge in [-0.15, -0.1) is 0 Å². The van der Waals surface area contributed by atoms with E-state index in [9.17, 15) is 4.79 Å². The standard InChI is InChI=1S/C12H22O3/c1-8(2)12-9(3)5-4-6-10(12)15-7-11(13)14/h8-10,12H,4-7H2,1-3H3,(H,13,14). The van der Waals surface area contributed by atoms with E-state index in [4.69, 9.17) is 9.84 Å². The van der Waals surface area contributed by atoms with E-state index >= 15 is 0 Å². The molecule has 0 aromatic rings. The van der Waals surface area contributed by atoms with Crippen LogP contribution in [0.2, 0.25) is 0 Å². The summed E-state index contributed by atoms with van der Waals surface area (Å²) in [6.45, 7) is 6.49. The summed E-state index contributed by atoms with van der Waals surface area (Å²) in [6.07, 6.45) is 3.56. The molecule has 3 heteroatoms. The third-order valence-corrected chi connectivity index (χ3v) is 3.43. The number of hydrogen-bond donors (Lipinski definition) is 1. The summed E-state index contributed by atoms with van der Waals surface area (Å²) in [6, 6.07) is 0. The summed E-state index contributed by atoms with van der Waals surface area (Å²) in [5, 5.41) is 8.61. The first-order valence-corrected chi connectivity index (χ1v) is 5.85. The van der Waals surface area contributed by atoms with Crippen LogP contribution in [-0.2, 0) is 9.53 Å². The predicted molar refractivity (Wildman–Crippen MR) is 58.7 cm³/mol. The third kappa shape index (κ3) is 3.49. The van der Waals surface area contributed by atoms with E-state index in [1.54, 1.807) is 0 Å². The molecule has 0 aliphatic heterocycles. The SMILES string of the molecule is CC(C)C1C(C)CCCC1OCC(=O)O. The van der Waals surface area contributed by atoms with Gasteiger partial charge in [0.05, 0.1) is 6.10 Å². The van der Waals surface area contributed by atoms with Crippen molar-refractivity contribution in [2.45, 2.75) is 46.1 Å². The van der Waals surface area contributed by atoms with Gasteiger partial charge in [0.1, 0.15) is 6.61 Å². The van der Waals surface area contributed by atoms with Crippen molar-refractivity contribution in [1.29, 1.82) is 0 Å². The van der Waals surface area contributed by atoms with Gasteiger partial charge in [0.15, 0.2) is 0 Å². The van der Waals surface area contributed by atoms with Crippen molar-refractivity contribution in [1.82, 2.24) is 0 Å². The molecule has 0 aromatic heterocycles. The lowest BCUT2D eigenvalue weighted by atomic mass is 9.72. The Morgan fingerprint density at radius 1 is 1.47 bits per heavy atom. The molecule has 3 nitrogen and oxygen atoms in total. The molecular weight excluding hydrogens is 192 g/mol. The lowest BCUT2D eigenvalue weighted by Crippen LogP contribution is -2.37. The number of hydrogen-bond acceptors (Lipinski definition) is 2. The molecule has 1 aliphatic carbocycles. The predicted octanol–water partition coefficient (Wildman–Crippen LogP) is 2.55. The maximum Gasteiger partial charge on any atom is 0.329 e. The van der Waals surface area contributed by atoms with Gasteiger partial charge in [0.25, 0.3) is 0 Å². The molecular formula is C12H22O3. The van der Waals surface area contributed by atoms with Gasteiger partial charge in [-0.25, -0.2) is 4.79 Å². The summed E-state index contributed by atoms with van der Waals surface area (Å²) >= 11 is 0. The number of aliphatic carboxylic acids is 1. The van der Waals surface area contributed by atoms with Crippen LogP contribution >= 0.6 is 0 Å². The van der Waals surface area contributed by atoms with Crippen LogP contribution in [0.5, 0.6) is 0 Å². The van der Waals surface area contributed by atoms with Crippen molar-refractivity contribution >= 4 is 5.97 Å². The van der Waals surface area contributed by atoms with E-state index in [0.29, 0.717) is 17.8 Å². The molecule has 0 aromatic carbocycles. The van der Waals surface area contributed by atoms with Crippen molar-refractivity contribution in [3.05, 3.63) is 0 Å². The van der Waals surface area contributed by atoms with Crippen molar-refractivity contribution in [3.63, 3.8) is 0 Å². The number of carbonyl (C=O) groups is 1. The molecule has 0 saturated heterocycles. The minimum atomic E-state index is -0.865. The maximum atomic E-state index is 10.5. The normalized spacial score (nSPS) is 31.9. The second kappa shape index (κ2) is 5.50. The summed E-state index contributed by atoms with van der Waals surface area (Å²) in [7, 11) is 0. The van der Waals surface area contributed by atoms with E-state index in [2.05, 4.69) is 20.8 Å². The fourth-order valence-electron chi connectivity index (χ4n) is 2.85. The van der Waals surface area contributed by atoms with Gasteiger partial charge < -0.3 is 9.84 Å². The van der Waals surface area contributed by atoms with Gasteiger partial charge in [-0.05, 0) is 24.2 Å². The minimum Gasteiger partial charge on any atom is -0.480 e. The molecule has 15 heavy (non-hydrogen) atoms. The van der Waals surface area contributed by atoms with Gasteiger partial charge in [0.2, 0.25) is 0 Å². The first kappa shape index (κ1) is 12.5. The first-order valence-electron chi connectivity index (χ1n) is 5.85.